The van der Waals surface area contributed by atoms with Crippen molar-refractivity contribution >= 4 is 41.2 Å². The van der Waals surface area contributed by atoms with Gasteiger partial charge in [0.05, 0.1) is 5.69 Å². The lowest BCUT2D eigenvalue weighted by Gasteiger charge is -2.26. The van der Waals surface area contributed by atoms with E-state index in [0.29, 0.717) is 27.6 Å². The molecular weight excluding hydrogens is 459 g/mol. The summed E-state index contributed by atoms with van der Waals surface area (Å²) in [5, 5.41) is 2.56. The number of amides is 4. The SMILES string of the molecule is CCc1ccc(N2C(=O)NC(=O)/C(=C\c3cc(Cl)ccc3OCc3cccc(F)c3)C2=O)cc1. The molecule has 0 radical (unpaired) electrons. The molecule has 0 bridgehead atoms. The van der Waals surface area contributed by atoms with Crippen LogP contribution in [0, 0.1) is 5.82 Å². The molecule has 6 nitrogen and oxygen atoms in total. The van der Waals surface area contributed by atoms with Crippen molar-refractivity contribution in [1.82, 2.24) is 5.32 Å². The van der Waals surface area contributed by atoms with Gasteiger partial charge in [-0.25, -0.2) is 14.1 Å². The molecule has 1 aliphatic rings. The molecule has 172 valence electrons. The van der Waals surface area contributed by atoms with Crippen molar-refractivity contribution in [3.63, 3.8) is 0 Å². The van der Waals surface area contributed by atoms with Crippen LogP contribution in [0.5, 0.6) is 5.75 Å². The number of carbonyl (C=O) groups excluding carboxylic acids is 3. The van der Waals surface area contributed by atoms with Gasteiger partial charge in [-0.1, -0.05) is 42.8 Å². The van der Waals surface area contributed by atoms with Crippen LogP contribution in [0.2, 0.25) is 5.02 Å². The van der Waals surface area contributed by atoms with Gasteiger partial charge in [-0.3, -0.25) is 14.9 Å². The summed E-state index contributed by atoms with van der Waals surface area (Å²) in [6.45, 7) is 2.05. The Hall–Kier alpha value is -3.97. The number of rotatable bonds is 6. The molecule has 0 spiro atoms. The fraction of sp³-hybridized carbons (Fsp3) is 0.115. The van der Waals surface area contributed by atoms with Gasteiger partial charge in [0.1, 0.15) is 23.7 Å². The summed E-state index contributed by atoms with van der Waals surface area (Å²) < 4.78 is 19.3. The van der Waals surface area contributed by atoms with E-state index in [1.165, 1.54) is 24.3 Å². The Kier molecular flexibility index (Phi) is 6.75. The van der Waals surface area contributed by atoms with Crippen molar-refractivity contribution in [2.24, 2.45) is 0 Å². The molecule has 3 aromatic carbocycles. The maximum atomic E-state index is 13.5. The number of imide groups is 2. The van der Waals surface area contributed by atoms with Crippen molar-refractivity contribution in [2.45, 2.75) is 20.0 Å². The van der Waals surface area contributed by atoms with Gasteiger partial charge in [-0.15, -0.1) is 0 Å². The zero-order valence-electron chi connectivity index (χ0n) is 18.2. The van der Waals surface area contributed by atoms with Crippen LogP contribution in [-0.4, -0.2) is 17.8 Å². The summed E-state index contributed by atoms with van der Waals surface area (Å²) in [5.41, 5.74) is 2.09. The number of benzene rings is 3. The van der Waals surface area contributed by atoms with E-state index in [9.17, 15) is 18.8 Å². The molecule has 3 aromatic rings. The normalized spacial score (nSPS) is 15.0. The van der Waals surface area contributed by atoms with Gasteiger partial charge in [-0.2, -0.15) is 0 Å². The second-order valence-corrected chi connectivity index (χ2v) is 8.02. The number of ether oxygens (including phenoxy) is 1. The first-order valence-corrected chi connectivity index (χ1v) is 10.9. The summed E-state index contributed by atoms with van der Waals surface area (Å²) in [4.78, 5) is 39.1. The highest BCUT2D eigenvalue weighted by molar-refractivity contribution is 6.39. The minimum atomic E-state index is -0.829. The highest BCUT2D eigenvalue weighted by Crippen LogP contribution is 2.28. The van der Waals surface area contributed by atoms with Gasteiger partial charge in [0.15, 0.2) is 0 Å². The van der Waals surface area contributed by atoms with Gasteiger partial charge in [-0.05, 0) is 66.1 Å². The Morgan fingerprint density at radius 1 is 1.00 bits per heavy atom. The number of halogens is 2. The second-order valence-electron chi connectivity index (χ2n) is 7.58. The molecule has 8 heteroatoms. The molecular formula is C26H20ClFN2O4. The first-order chi connectivity index (χ1) is 16.4. The number of urea groups is 1. The lowest BCUT2D eigenvalue weighted by atomic mass is 10.1. The maximum absolute atomic E-state index is 13.5. The van der Waals surface area contributed by atoms with Gasteiger partial charge < -0.3 is 4.74 Å². The topological polar surface area (TPSA) is 75.7 Å². The van der Waals surface area contributed by atoms with Crippen LogP contribution in [0.3, 0.4) is 0 Å². The third-order valence-corrected chi connectivity index (χ3v) is 5.49. The Morgan fingerprint density at radius 3 is 2.47 bits per heavy atom. The van der Waals surface area contributed by atoms with Crippen molar-refractivity contribution in [3.05, 3.63) is 99.8 Å². The van der Waals surface area contributed by atoms with Crippen LogP contribution >= 0.6 is 11.6 Å². The first-order valence-electron chi connectivity index (χ1n) is 10.5. The zero-order chi connectivity index (χ0) is 24.2. The number of aryl methyl sites for hydroxylation is 1. The Labute approximate surface area is 200 Å². The van der Waals surface area contributed by atoms with E-state index in [1.54, 1.807) is 36.4 Å². The van der Waals surface area contributed by atoms with Crippen molar-refractivity contribution in [1.29, 1.82) is 0 Å². The number of hydrogen-bond donors (Lipinski definition) is 1. The molecule has 1 N–H and O–H groups in total. The fourth-order valence-electron chi connectivity index (χ4n) is 3.48. The monoisotopic (exact) mass is 478 g/mol. The lowest BCUT2D eigenvalue weighted by molar-refractivity contribution is -0.122. The van der Waals surface area contributed by atoms with Crippen LogP contribution in [0.4, 0.5) is 14.9 Å². The van der Waals surface area contributed by atoms with Gasteiger partial charge in [0, 0.05) is 10.6 Å². The lowest BCUT2D eigenvalue weighted by Crippen LogP contribution is -2.54. The standard InChI is InChI=1S/C26H20ClFN2O4/c1-2-16-6-9-21(10-7-16)30-25(32)22(24(31)29-26(30)33)14-18-13-19(27)8-11-23(18)34-15-17-4-3-5-20(28)12-17/h3-14H,2,15H2,1H3,(H,29,31,33)/b22-14+. The first kappa shape index (κ1) is 23.2. The van der Waals surface area contributed by atoms with Gasteiger partial charge in [0.2, 0.25) is 0 Å². The summed E-state index contributed by atoms with van der Waals surface area (Å²) >= 11 is 6.14. The average Bonchev–Trinajstić information content (AvgIpc) is 2.81. The summed E-state index contributed by atoms with van der Waals surface area (Å²) in [6, 6.07) is 16.8. The molecule has 0 aliphatic carbocycles. The number of nitrogens with one attached hydrogen (secondary N) is 1. The van der Waals surface area contributed by atoms with Crippen LogP contribution in [0.1, 0.15) is 23.6 Å². The molecule has 0 saturated carbocycles. The highest BCUT2D eigenvalue weighted by atomic mass is 35.5. The predicted molar refractivity (Wildman–Crippen MR) is 127 cm³/mol. The van der Waals surface area contributed by atoms with Crippen LogP contribution in [0.15, 0.2) is 72.3 Å². The minimum Gasteiger partial charge on any atom is -0.488 e. The predicted octanol–water partition coefficient (Wildman–Crippen LogP) is 5.29. The van der Waals surface area contributed by atoms with Crippen LogP contribution in [0.25, 0.3) is 6.08 Å². The average molecular weight is 479 g/mol. The molecule has 1 aliphatic heterocycles. The van der Waals surface area contributed by atoms with E-state index in [0.717, 1.165) is 16.9 Å². The van der Waals surface area contributed by atoms with E-state index in [-0.39, 0.29) is 18.0 Å². The molecule has 1 fully saturated rings. The molecule has 0 atom stereocenters. The molecule has 4 amide bonds. The van der Waals surface area contributed by atoms with Gasteiger partial charge >= 0.3 is 6.03 Å². The van der Waals surface area contributed by atoms with E-state index < -0.39 is 17.8 Å². The number of barbiturate groups is 1. The fourth-order valence-corrected chi connectivity index (χ4v) is 3.66. The highest BCUT2D eigenvalue weighted by Gasteiger charge is 2.37. The van der Waals surface area contributed by atoms with E-state index in [2.05, 4.69) is 5.32 Å². The van der Waals surface area contributed by atoms with Crippen molar-refractivity contribution in [3.8, 4) is 5.75 Å². The number of nitrogens with zero attached hydrogens (tertiary/aromatic N) is 1. The Morgan fingerprint density at radius 2 is 1.76 bits per heavy atom. The van der Waals surface area contributed by atoms with E-state index in [1.807, 2.05) is 19.1 Å². The smallest absolute Gasteiger partial charge is 0.335 e. The third kappa shape index (κ3) is 5.00. The minimum absolute atomic E-state index is 0.0596. The van der Waals surface area contributed by atoms with Crippen LogP contribution in [-0.2, 0) is 22.6 Å². The molecule has 0 unspecified atom stereocenters. The zero-order valence-corrected chi connectivity index (χ0v) is 18.9. The number of anilines is 1. The largest absolute Gasteiger partial charge is 0.488 e. The molecule has 0 aromatic heterocycles. The van der Waals surface area contributed by atoms with Crippen molar-refractivity contribution < 1.29 is 23.5 Å². The summed E-state index contributed by atoms with van der Waals surface area (Å²) in [6.07, 6.45) is 2.13. The summed E-state index contributed by atoms with van der Waals surface area (Å²) in [7, 11) is 0. The van der Waals surface area contributed by atoms with Crippen LogP contribution < -0.4 is 15.0 Å². The Bertz CT molecular complexity index is 1300. The molecule has 4 rings (SSSR count). The third-order valence-electron chi connectivity index (χ3n) is 5.26. The van der Waals surface area contributed by atoms with Gasteiger partial charge in [0.25, 0.3) is 11.8 Å². The van der Waals surface area contributed by atoms with Crippen molar-refractivity contribution in [2.75, 3.05) is 4.90 Å². The second kappa shape index (κ2) is 9.89. The quantitative estimate of drug-likeness (QED) is 0.386. The molecule has 1 saturated heterocycles. The number of hydrogen-bond acceptors (Lipinski definition) is 4. The van der Waals surface area contributed by atoms with E-state index >= 15 is 0 Å². The Balaban J connectivity index is 1.66. The molecule has 34 heavy (non-hydrogen) atoms. The summed E-state index contributed by atoms with van der Waals surface area (Å²) in [5.74, 6) is -1.65. The maximum Gasteiger partial charge on any atom is 0.335 e. The molecule has 1 heterocycles. The number of carbonyl (C=O) groups is 3. The van der Waals surface area contributed by atoms with E-state index in [4.69, 9.17) is 16.3 Å².